The number of rotatable bonds is 4. The molecule has 2 aromatic rings. The molecular weight excluding hydrogens is 400 g/mol. The lowest BCUT2D eigenvalue weighted by Crippen LogP contribution is -2.61. The first-order valence-corrected chi connectivity index (χ1v) is 11.2. The fraction of sp³-hybridized carbons (Fsp3) is 0.350. The maximum absolute atomic E-state index is 13.0. The molecule has 148 valence electrons. The molecule has 2 fully saturated rings. The number of amides is 1. The molecule has 8 heteroatoms. The van der Waals surface area contributed by atoms with Crippen LogP contribution < -0.4 is 9.64 Å². The van der Waals surface area contributed by atoms with Crippen LogP contribution in [0.5, 0.6) is 5.75 Å². The first-order valence-electron chi connectivity index (χ1n) is 9.02. The summed E-state index contributed by atoms with van der Waals surface area (Å²) in [5.74, 6) is 0.580. The SMILES string of the molecule is COc1ccc(N2C(=O)CN(Cc3ccccc3Cl)[C@@H]3CS(=O)(=O)C[C@H]32)cc1. The van der Waals surface area contributed by atoms with Crippen LogP contribution >= 0.6 is 11.6 Å². The number of halogens is 1. The van der Waals surface area contributed by atoms with Crippen molar-refractivity contribution in [2.24, 2.45) is 0 Å². The van der Waals surface area contributed by atoms with E-state index in [1.54, 1.807) is 42.3 Å². The van der Waals surface area contributed by atoms with Gasteiger partial charge in [-0.1, -0.05) is 29.8 Å². The second kappa shape index (κ2) is 7.39. The molecule has 2 aliphatic heterocycles. The van der Waals surface area contributed by atoms with Crippen molar-refractivity contribution in [3.63, 3.8) is 0 Å². The van der Waals surface area contributed by atoms with Crippen LogP contribution in [0, 0.1) is 0 Å². The van der Waals surface area contributed by atoms with Crippen LogP contribution in [0.15, 0.2) is 48.5 Å². The van der Waals surface area contributed by atoms with Gasteiger partial charge in [0.25, 0.3) is 0 Å². The quantitative estimate of drug-likeness (QED) is 0.759. The van der Waals surface area contributed by atoms with Gasteiger partial charge in [-0.05, 0) is 35.9 Å². The van der Waals surface area contributed by atoms with Crippen LogP contribution in [0.25, 0.3) is 0 Å². The molecule has 28 heavy (non-hydrogen) atoms. The van der Waals surface area contributed by atoms with E-state index in [0.717, 1.165) is 5.56 Å². The summed E-state index contributed by atoms with van der Waals surface area (Å²) < 4.78 is 30.0. The molecule has 4 rings (SSSR count). The van der Waals surface area contributed by atoms with Crippen molar-refractivity contribution < 1.29 is 17.9 Å². The number of hydrogen-bond acceptors (Lipinski definition) is 5. The minimum atomic E-state index is -3.23. The summed E-state index contributed by atoms with van der Waals surface area (Å²) in [6.07, 6.45) is 0. The Hall–Kier alpha value is -2.09. The topological polar surface area (TPSA) is 66.9 Å². The Morgan fingerprint density at radius 3 is 2.43 bits per heavy atom. The number of benzene rings is 2. The van der Waals surface area contributed by atoms with E-state index in [1.807, 2.05) is 23.1 Å². The summed E-state index contributed by atoms with van der Waals surface area (Å²) in [6, 6.07) is 13.9. The number of sulfone groups is 1. The van der Waals surface area contributed by atoms with Crippen molar-refractivity contribution in [1.82, 2.24) is 4.90 Å². The molecule has 0 aliphatic carbocycles. The molecule has 2 aromatic carbocycles. The van der Waals surface area contributed by atoms with Crippen LogP contribution in [0.1, 0.15) is 5.56 Å². The Kier molecular flexibility index (Phi) is 5.07. The Balaban J connectivity index is 1.66. The fourth-order valence-electron chi connectivity index (χ4n) is 4.05. The van der Waals surface area contributed by atoms with E-state index >= 15 is 0 Å². The van der Waals surface area contributed by atoms with E-state index < -0.39 is 15.9 Å². The van der Waals surface area contributed by atoms with Crippen molar-refractivity contribution in [2.45, 2.75) is 18.6 Å². The van der Waals surface area contributed by atoms with E-state index in [1.165, 1.54) is 0 Å². The largest absolute Gasteiger partial charge is 0.497 e. The predicted molar refractivity (Wildman–Crippen MR) is 109 cm³/mol. The molecule has 0 unspecified atom stereocenters. The van der Waals surface area contributed by atoms with Gasteiger partial charge in [0.05, 0.1) is 31.2 Å². The van der Waals surface area contributed by atoms with Gasteiger partial charge >= 0.3 is 0 Å². The van der Waals surface area contributed by atoms with Gasteiger partial charge in [-0.15, -0.1) is 0 Å². The molecule has 2 aliphatic rings. The third-order valence-electron chi connectivity index (χ3n) is 5.38. The zero-order chi connectivity index (χ0) is 19.9. The summed E-state index contributed by atoms with van der Waals surface area (Å²) in [6.45, 7) is 0.590. The third-order valence-corrected chi connectivity index (χ3v) is 7.45. The zero-order valence-electron chi connectivity index (χ0n) is 15.4. The van der Waals surface area contributed by atoms with E-state index in [0.29, 0.717) is 23.0 Å². The molecular formula is C20H21ClN2O4S. The highest BCUT2D eigenvalue weighted by atomic mass is 35.5. The van der Waals surface area contributed by atoms with Gasteiger partial charge in [0.15, 0.2) is 9.84 Å². The van der Waals surface area contributed by atoms with Gasteiger partial charge in [0.1, 0.15) is 5.75 Å². The average molecular weight is 421 g/mol. The van der Waals surface area contributed by atoms with E-state index in [4.69, 9.17) is 16.3 Å². The molecule has 2 atom stereocenters. The Morgan fingerprint density at radius 2 is 1.75 bits per heavy atom. The smallest absolute Gasteiger partial charge is 0.241 e. The van der Waals surface area contributed by atoms with Crippen molar-refractivity contribution in [3.8, 4) is 5.75 Å². The Labute approximate surface area is 169 Å². The summed E-state index contributed by atoms with van der Waals surface area (Å²) >= 11 is 6.28. The number of piperazine rings is 1. The zero-order valence-corrected chi connectivity index (χ0v) is 17.0. The van der Waals surface area contributed by atoms with Gasteiger partial charge in [0, 0.05) is 23.3 Å². The van der Waals surface area contributed by atoms with Crippen LogP contribution in [0.4, 0.5) is 5.69 Å². The maximum Gasteiger partial charge on any atom is 0.241 e. The molecule has 0 spiro atoms. The molecule has 0 aromatic heterocycles. The van der Waals surface area contributed by atoms with Gasteiger partial charge in [-0.2, -0.15) is 0 Å². The summed E-state index contributed by atoms with van der Waals surface area (Å²) in [5, 5.41) is 0.616. The van der Waals surface area contributed by atoms with Gasteiger partial charge in [-0.25, -0.2) is 8.42 Å². The Bertz CT molecular complexity index is 994. The summed E-state index contributed by atoms with van der Waals surface area (Å²) in [4.78, 5) is 16.6. The molecule has 1 amide bonds. The second-order valence-electron chi connectivity index (χ2n) is 7.17. The minimum absolute atomic E-state index is 0.0333. The number of nitrogens with zero attached hydrogens (tertiary/aromatic N) is 2. The Morgan fingerprint density at radius 1 is 1.07 bits per heavy atom. The highest BCUT2D eigenvalue weighted by Gasteiger charge is 2.49. The lowest BCUT2D eigenvalue weighted by molar-refractivity contribution is -0.123. The van der Waals surface area contributed by atoms with Crippen LogP contribution in [0.3, 0.4) is 0 Å². The highest BCUT2D eigenvalue weighted by molar-refractivity contribution is 7.91. The van der Waals surface area contributed by atoms with Gasteiger partial charge in [-0.3, -0.25) is 9.69 Å². The standard InChI is InChI=1S/C20H21ClN2O4S/c1-27-16-8-6-15(7-9-16)23-19-13-28(25,26)12-18(19)22(11-20(23)24)10-14-4-2-3-5-17(14)21/h2-9,18-19H,10-13H2,1H3/t18-,19-/m1/s1. The highest BCUT2D eigenvalue weighted by Crippen LogP contribution is 2.33. The van der Waals surface area contributed by atoms with Crippen LogP contribution in [0.2, 0.25) is 5.02 Å². The number of carbonyl (C=O) groups is 1. The predicted octanol–water partition coefficient (Wildman–Crippen LogP) is 2.36. The van der Waals surface area contributed by atoms with Crippen molar-refractivity contribution in [3.05, 3.63) is 59.1 Å². The summed E-state index contributed by atoms with van der Waals surface area (Å²) in [7, 11) is -1.66. The van der Waals surface area contributed by atoms with Crippen LogP contribution in [-0.4, -0.2) is 56.5 Å². The number of ether oxygens (including phenoxy) is 1. The lowest BCUT2D eigenvalue weighted by Gasteiger charge is -2.43. The van der Waals surface area contributed by atoms with Gasteiger partial charge < -0.3 is 9.64 Å². The summed E-state index contributed by atoms with van der Waals surface area (Å²) in [5.41, 5.74) is 1.58. The number of methoxy groups -OCH3 is 1. The van der Waals surface area contributed by atoms with Crippen molar-refractivity contribution >= 4 is 33.0 Å². The molecule has 2 heterocycles. The fourth-order valence-corrected chi connectivity index (χ4v) is 6.23. The molecule has 6 nitrogen and oxygen atoms in total. The van der Waals surface area contributed by atoms with Gasteiger partial charge in [0.2, 0.25) is 5.91 Å². The van der Waals surface area contributed by atoms with Crippen molar-refractivity contribution in [1.29, 1.82) is 0 Å². The maximum atomic E-state index is 13.0. The normalized spacial score (nSPS) is 24.2. The molecule has 0 saturated carbocycles. The second-order valence-corrected chi connectivity index (χ2v) is 9.73. The molecule has 0 bridgehead atoms. The van der Waals surface area contributed by atoms with E-state index in [-0.39, 0.29) is 30.0 Å². The molecule has 0 N–H and O–H groups in total. The molecule has 0 radical (unpaired) electrons. The van der Waals surface area contributed by atoms with Crippen molar-refractivity contribution in [2.75, 3.05) is 30.1 Å². The van der Waals surface area contributed by atoms with E-state index in [2.05, 4.69) is 0 Å². The monoisotopic (exact) mass is 420 g/mol. The first kappa shape index (κ1) is 19.2. The molecule has 2 saturated heterocycles. The number of hydrogen-bond donors (Lipinski definition) is 0. The first-order chi connectivity index (χ1) is 13.4. The number of fused-ring (bicyclic) bond motifs is 1. The lowest BCUT2D eigenvalue weighted by atomic mass is 10.0. The van der Waals surface area contributed by atoms with E-state index in [9.17, 15) is 13.2 Å². The number of anilines is 1. The third kappa shape index (κ3) is 3.62. The average Bonchev–Trinajstić information content (AvgIpc) is 2.99. The minimum Gasteiger partial charge on any atom is -0.497 e. The number of carbonyl (C=O) groups excluding carboxylic acids is 1. The van der Waals surface area contributed by atoms with Crippen LogP contribution in [-0.2, 0) is 21.2 Å².